The highest BCUT2D eigenvalue weighted by atomic mass is 32.1. The molecule has 0 fully saturated rings. The molecule has 0 spiro atoms. The third kappa shape index (κ3) is 4.70. The quantitative estimate of drug-likeness (QED) is 0.828. The molecule has 2 rings (SSSR count). The molecule has 3 nitrogen and oxygen atoms in total. The van der Waals surface area contributed by atoms with Crippen LogP contribution in [-0.4, -0.2) is 10.7 Å². The Bertz CT molecular complexity index is 535. The summed E-state index contributed by atoms with van der Waals surface area (Å²) in [4.78, 5) is 0. The Morgan fingerprint density at radius 3 is 2.55 bits per heavy atom. The van der Waals surface area contributed by atoms with Crippen molar-refractivity contribution in [1.82, 2.24) is 10.6 Å². The number of hydrogen-bond donors (Lipinski definition) is 2. The number of benzene rings is 1. The maximum atomic E-state index is 5.33. The molecule has 0 aliphatic heterocycles. The van der Waals surface area contributed by atoms with Crippen LogP contribution in [0.3, 0.4) is 0 Å². The van der Waals surface area contributed by atoms with Crippen molar-refractivity contribution in [3.63, 3.8) is 0 Å². The lowest BCUT2D eigenvalue weighted by molar-refractivity contribution is 0.450. The zero-order valence-electron chi connectivity index (χ0n) is 11.8. The Balaban J connectivity index is 1.82. The van der Waals surface area contributed by atoms with E-state index in [0.29, 0.717) is 11.7 Å². The standard InChI is InChI=1S/C16H20N2OS/c1-16(2,11-13-7-4-3-5-8-13)18-15(20)17-12-14-9-6-10-19-14/h3-10H,11-12H2,1-2H3,(H2,17,18,20). The van der Waals surface area contributed by atoms with E-state index in [1.165, 1.54) is 5.56 Å². The summed E-state index contributed by atoms with van der Waals surface area (Å²) >= 11 is 5.33. The fourth-order valence-corrected chi connectivity index (χ4v) is 2.43. The first-order chi connectivity index (χ1) is 9.55. The second-order valence-electron chi connectivity index (χ2n) is 5.43. The van der Waals surface area contributed by atoms with Crippen LogP contribution in [0.1, 0.15) is 25.2 Å². The van der Waals surface area contributed by atoms with Crippen LogP contribution < -0.4 is 10.6 Å². The van der Waals surface area contributed by atoms with Crippen molar-refractivity contribution >= 4 is 17.3 Å². The molecule has 0 unspecified atom stereocenters. The Kier molecular flexibility index (Phi) is 4.79. The molecule has 2 aromatic rings. The maximum absolute atomic E-state index is 5.33. The minimum atomic E-state index is -0.103. The van der Waals surface area contributed by atoms with Gasteiger partial charge < -0.3 is 15.1 Å². The summed E-state index contributed by atoms with van der Waals surface area (Å²) in [5.41, 5.74) is 1.19. The van der Waals surface area contributed by atoms with Gasteiger partial charge >= 0.3 is 0 Å². The normalized spacial score (nSPS) is 11.1. The lowest BCUT2D eigenvalue weighted by Crippen LogP contribution is -2.49. The van der Waals surface area contributed by atoms with Crippen LogP contribution >= 0.6 is 12.2 Å². The van der Waals surface area contributed by atoms with E-state index in [1.54, 1.807) is 6.26 Å². The first-order valence-corrected chi connectivity index (χ1v) is 7.08. The van der Waals surface area contributed by atoms with Gasteiger partial charge in [-0.1, -0.05) is 30.3 Å². The van der Waals surface area contributed by atoms with Gasteiger partial charge in [0, 0.05) is 5.54 Å². The van der Waals surface area contributed by atoms with Crippen molar-refractivity contribution in [2.75, 3.05) is 0 Å². The second kappa shape index (κ2) is 6.57. The number of thiocarbonyl (C=S) groups is 1. The van der Waals surface area contributed by atoms with Gasteiger partial charge in [-0.3, -0.25) is 0 Å². The molecule has 1 aromatic heterocycles. The first kappa shape index (κ1) is 14.6. The van der Waals surface area contributed by atoms with Crippen LogP contribution in [0, 0.1) is 0 Å². The predicted molar refractivity (Wildman–Crippen MR) is 85.5 cm³/mol. The Hall–Kier alpha value is -1.81. The molecular formula is C16H20N2OS. The van der Waals surface area contributed by atoms with Gasteiger partial charge in [-0.05, 0) is 50.2 Å². The third-order valence-electron chi connectivity index (χ3n) is 2.94. The van der Waals surface area contributed by atoms with Crippen molar-refractivity contribution in [3.8, 4) is 0 Å². The van der Waals surface area contributed by atoms with Gasteiger partial charge in [0.1, 0.15) is 5.76 Å². The summed E-state index contributed by atoms with van der Waals surface area (Å²) in [6.45, 7) is 4.88. The van der Waals surface area contributed by atoms with Crippen LogP contribution in [0.2, 0.25) is 0 Å². The number of hydrogen-bond acceptors (Lipinski definition) is 2. The molecule has 0 saturated carbocycles. The molecule has 1 aromatic carbocycles. The lowest BCUT2D eigenvalue weighted by Gasteiger charge is -2.28. The zero-order chi connectivity index (χ0) is 14.4. The van der Waals surface area contributed by atoms with E-state index >= 15 is 0 Å². The maximum Gasteiger partial charge on any atom is 0.167 e. The number of nitrogens with one attached hydrogen (secondary N) is 2. The molecule has 1 heterocycles. The molecule has 20 heavy (non-hydrogen) atoms. The monoisotopic (exact) mass is 288 g/mol. The number of furan rings is 1. The van der Waals surface area contributed by atoms with E-state index in [9.17, 15) is 0 Å². The Morgan fingerprint density at radius 2 is 1.90 bits per heavy atom. The fraction of sp³-hybridized carbons (Fsp3) is 0.312. The van der Waals surface area contributed by atoms with Gasteiger partial charge in [0.05, 0.1) is 12.8 Å². The highest BCUT2D eigenvalue weighted by molar-refractivity contribution is 7.80. The summed E-state index contributed by atoms with van der Waals surface area (Å²) in [7, 11) is 0. The lowest BCUT2D eigenvalue weighted by atomic mass is 9.95. The minimum absolute atomic E-state index is 0.103. The molecule has 0 aliphatic carbocycles. The summed E-state index contributed by atoms with van der Waals surface area (Å²) < 4.78 is 5.26. The smallest absolute Gasteiger partial charge is 0.167 e. The summed E-state index contributed by atoms with van der Waals surface area (Å²) in [5, 5.41) is 7.14. The largest absolute Gasteiger partial charge is 0.467 e. The third-order valence-corrected chi connectivity index (χ3v) is 3.19. The van der Waals surface area contributed by atoms with Gasteiger partial charge in [0.2, 0.25) is 0 Å². The van der Waals surface area contributed by atoms with Crippen LogP contribution in [0.15, 0.2) is 53.1 Å². The van der Waals surface area contributed by atoms with Crippen LogP contribution in [-0.2, 0) is 13.0 Å². The van der Waals surface area contributed by atoms with E-state index in [0.717, 1.165) is 12.2 Å². The molecule has 0 aliphatic rings. The van der Waals surface area contributed by atoms with Gasteiger partial charge in [-0.15, -0.1) is 0 Å². The van der Waals surface area contributed by atoms with Gasteiger partial charge in [-0.2, -0.15) is 0 Å². The van der Waals surface area contributed by atoms with E-state index in [4.69, 9.17) is 16.6 Å². The molecule has 0 atom stereocenters. The highest BCUT2D eigenvalue weighted by Crippen LogP contribution is 2.12. The van der Waals surface area contributed by atoms with Crippen LogP contribution in [0.4, 0.5) is 0 Å². The van der Waals surface area contributed by atoms with Crippen LogP contribution in [0.25, 0.3) is 0 Å². The van der Waals surface area contributed by atoms with E-state index < -0.39 is 0 Å². The molecular weight excluding hydrogens is 268 g/mol. The molecule has 4 heteroatoms. The fourth-order valence-electron chi connectivity index (χ4n) is 2.08. The van der Waals surface area contributed by atoms with Crippen molar-refractivity contribution in [3.05, 3.63) is 60.1 Å². The van der Waals surface area contributed by atoms with E-state index in [1.807, 2.05) is 18.2 Å². The average molecular weight is 288 g/mol. The highest BCUT2D eigenvalue weighted by Gasteiger charge is 2.19. The number of rotatable bonds is 5. The molecule has 106 valence electrons. The van der Waals surface area contributed by atoms with Crippen molar-refractivity contribution in [2.24, 2.45) is 0 Å². The van der Waals surface area contributed by atoms with Crippen molar-refractivity contribution in [2.45, 2.75) is 32.4 Å². The van der Waals surface area contributed by atoms with Gasteiger partial charge in [-0.25, -0.2) is 0 Å². The molecule has 2 N–H and O–H groups in total. The molecule has 0 saturated heterocycles. The summed E-state index contributed by atoms with van der Waals surface area (Å²) in [6.07, 6.45) is 2.57. The minimum Gasteiger partial charge on any atom is -0.467 e. The predicted octanol–water partition coefficient (Wildman–Crippen LogP) is 3.27. The van der Waals surface area contributed by atoms with Gasteiger partial charge in [0.15, 0.2) is 5.11 Å². The molecule has 0 radical (unpaired) electrons. The Labute approximate surface area is 125 Å². The van der Waals surface area contributed by atoms with E-state index in [2.05, 4.69) is 48.7 Å². The van der Waals surface area contributed by atoms with E-state index in [-0.39, 0.29) is 5.54 Å². The molecule has 0 amide bonds. The average Bonchev–Trinajstić information content (AvgIpc) is 2.89. The summed E-state index contributed by atoms with van der Waals surface area (Å²) in [5.74, 6) is 0.870. The first-order valence-electron chi connectivity index (χ1n) is 6.67. The Morgan fingerprint density at radius 1 is 1.15 bits per heavy atom. The molecule has 0 bridgehead atoms. The second-order valence-corrected chi connectivity index (χ2v) is 5.84. The van der Waals surface area contributed by atoms with Crippen molar-refractivity contribution < 1.29 is 4.42 Å². The summed E-state index contributed by atoms with van der Waals surface area (Å²) in [6, 6.07) is 14.2. The topological polar surface area (TPSA) is 37.2 Å². The van der Waals surface area contributed by atoms with Gasteiger partial charge in [0.25, 0.3) is 0 Å². The van der Waals surface area contributed by atoms with Crippen LogP contribution in [0.5, 0.6) is 0 Å². The zero-order valence-corrected chi connectivity index (χ0v) is 12.7. The SMILES string of the molecule is CC(C)(Cc1ccccc1)NC(=S)NCc1ccco1. The van der Waals surface area contributed by atoms with Crippen molar-refractivity contribution in [1.29, 1.82) is 0 Å².